The van der Waals surface area contributed by atoms with Gasteiger partial charge in [-0.25, -0.2) is 0 Å². The Morgan fingerprint density at radius 2 is 1.78 bits per heavy atom. The first-order chi connectivity index (χ1) is 21.3. The lowest BCUT2D eigenvalue weighted by Crippen LogP contribution is -2.64. The number of hydrogen-bond donors (Lipinski definition) is 8. The molecule has 1 heterocycles. The summed E-state index contributed by atoms with van der Waals surface area (Å²) in [5, 5.41) is 86.6. The summed E-state index contributed by atoms with van der Waals surface area (Å²) in [6.07, 6.45) is -6.21. The van der Waals surface area contributed by atoms with Crippen LogP contribution >= 0.6 is 0 Å². The van der Waals surface area contributed by atoms with Crippen molar-refractivity contribution in [1.82, 2.24) is 0 Å². The van der Waals surface area contributed by atoms with Crippen LogP contribution in [0.1, 0.15) is 83.9 Å². The molecule has 1 aromatic carbocycles. The molecule has 8 N–H and O–H groups in total. The second-order valence-electron chi connectivity index (χ2n) is 15.4. The Morgan fingerprint density at radius 3 is 2.39 bits per heavy atom. The van der Waals surface area contributed by atoms with Crippen LogP contribution in [0.2, 0.25) is 0 Å². The van der Waals surface area contributed by atoms with E-state index in [1.54, 1.807) is 19.9 Å². The molecule has 3 fully saturated rings. The molecule has 11 nitrogen and oxygen atoms in total. The first-order valence-electron chi connectivity index (χ1n) is 16.4. The Morgan fingerprint density at radius 1 is 1.13 bits per heavy atom. The Hall–Kier alpha value is -2.09. The van der Waals surface area contributed by atoms with Crippen LogP contribution in [0.25, 0.3) is 0 Å². The van der Waals surface area contributed by atoms with Crippen molar-refractivity contribution in [1.29, 1.82) is 0 Å². The first kappa shape index (κ1) is 35.2. The molecule has 0 unspecified atom stereocenters. The highest BCUT2D eigenvalue weighted by Gasteiger charge is 2.73. The quantitative estimate of drug-likeness (QED) is 0.200. The van der Waals surface area contributed by atoms with Crippen LogP contribution in [0.5, 0.6) is 11.5 Å². The maximum atomic E-state index is 14.6. The number of aliphatic hydroxyl groups excluding tert-OH is 6. The molecule has 258 valence electrons. The molecule has 46 heavy (non-hydrogen) atoms. The number of hydrogen-bond acceptors (Lipinski definition) is 11. The van der Waals surface area contributed by atoms with Crippen LogP contribution in [0.4, 0.5) is 0 Å². The number of ketones is 1. The lowest BCUT2D eigenvalue weighted by Gasteiger charge is -2.62. The summed E-state index contributed by atoms with van der Waals surface area (Å²) in [6, 6.07) is 1.58. The van der Waals surface area contributed by atoms with Crippen LogP contribution in [-0.4, -0.2) is 102 Å². The van der Waals surface area contributed by atoms with Gasteiger partial charge in [-0.1, -0.05) is 25.5 Å². The third-order valence-corrected chi connectivity index (χ3v) is 12.6. The van der Waals surface area contributed by atoms with Crippen molar-refractivity contribution in [3.63, 3.8) is 0 Å². The monoisotopic (exact) mass is 648 g/mol. The van der Waals surface area contributed by atoms with Gasteiger partial charge in [0.2, 0.25) is 6.29 Å². The summed E-state index contributed by atoms with van der Waals surface area (Å²) < 4.78 is 11.4. The molecule has 0 radical (unpaired) electrons. The lowest BCUT2D eigenvalue weighted by atomic mass is 9.41. The Kier molecular flexibility index (Phi) is 9.04. The van der Waals surface area contributed by atoms with E-state index >= 15 is 0 Å². The molecule has 0 amide bonds. The Labute approximate surface area is 270 Å². The average Bonchev–Trinajstić information content (AvgIpc) is 3.19. The lowest BCUT2D eigenvalue weighted by molar-refractivity contribution is -0.277. The third kappa shape index (κ3) is 4.96. The zero-order valence-corrected chi connectivity index (χ0v) is 27.9. The van der Waals surface area contributed by atoms with Crippen LogP contribution in [-0.2, 0) is 21.4 Å². The van der Waals surface area contributed by atoms with Crippen molar-refractivity contribution in [3.8, 4) is 11.5 Å². The second-order valence-corrected chi connectivity index (χ2v) is 15.4. The predicted octanol–water partition coefficient (Wildman–Crippen LogP) is 1.53. The summed E-state index contributed by atoms with van der Waals surface area (Å²) in [5.74, 6) is -1.42. The van der Waals surface area contributed by atoms with Gasteiger partial charge in [0.05, 0.1) is 29.8 Å². The Bertz CT molecular complexity index is 1380. The molecule has 4 aliphatic rings. The fraction of sp³-hybridized carbons (Fsp3) is 0.743. The van der Waals surface area contributed by atoms with E-state index in [0.717, 1.165) is 11.1 Å². The number of ether oxygens (including phenoxy) is 2. The smallest absolute Gasteiger partial charge is 0.229 e. The maximum Gasteiger partial charge on any atom is 0.229 e. The zero-order chi connectivity index (χ0) is 34.3. The fourth-order valence-electron chi connectivity index (χ4n) is 9.81. The Balaban J connectivity index is 1.55. The number of fused-ring (bicyclic) bond motifs is 5. The molecule has 1 aliphatic heterocycles. The van der Waals surface area contributed by atoms with Gasteiger partial charge in [0.15, 0.2) is 11.5 Å². The number of aromatic hydroxyl groups is 1. The minimum Gasteiger partial charge on any atom is -0.504 e. The SMILES string of the molecule is CC(C)=CC[C@H](O)[C@](C)(O)[C@H]1[C@H](O)C[C@@]2(C)[C@@H]3CCc4c(cc(O[C@@H]5O[C@H](CO)[C@@H](O)[C@H](O)[C@H]5O)c(O)c4C)[C@]3(C)C(=O)C[C@]12C. The normalized spacial score (nSPS) is 42.3. The van der Waals surface area contributed by atoms with Gasteiger partial charge in [-0.2, -0.15) is 0 Å². The van der Waals surface area contributed by atoms with E-state index < -0.39 is 77.3 Å². The fourth-order valence-corrected chi connectivity index (χ4v) is 9.81. The van der Waals surface area contributed by atoms with Gasteiger partial charge < -0.3 is 50.3 Å². The van der Waals surface area contributed by atoms with E-state index in [1.165, 1.54) is 0 Å². The van der Waals surface area contributed by atoms with E-state index in [9.17, 15) is 45.6 Å². The summed E-state index contributed by atoms with van der Waals surface area (Å²) in [7, 11) is 0. The van der Waals surface area contributed by atoms with Crippen molar-refractivity contribution >= 4 is 5.78 Å². The molecule has 0 spiro atoms. The molecule has 11 heteroatoms. The number of carbonyl (C=O) groups is 1. The van der Waals surface area contributed by atoms with Gasteiger partial charge in [0.1, 0.15) is 30.2 Å². The van der Waals surface area contributed by atoms with E-state index in [0.29, 0.717) is 30.4 Å². The van der Waals surface area contributed by atoms with Gasteiger partial charge in [0, 0.05) is 12.3 Å². The minimum atomic E-state index is -1.69. The number of phenolic OH excluding ortho intramolecular Hbond substituents is 1. The van der Waals surface area contributed by atoms with Gasteiger partial charge in [-0.15, -0.1) is 0 Å². The van der Waals surface area contributed by atoms with Crippen molar-refractivity contribution in [3.05, 3.63) is 34.4 Å². The van der Waals surface area contributed by atoms with E-state index in [1.807, 2.05) is 33.8 Å². The summed E-state index contributed by atoms with van der Waals surface area (Å²) >= 11 is 0. The molecule has 3 aliphatic carbocycles. The van der Waals surface area contributed by atoms with Crippen LogP contribution in [0, 0.1) is 29.6 Å². The van der Waals surface area contributed by atoms with E-state index in [4.69, 9.17) is 9.47 Å². The number of phenols is 1. The topological polar surface area (TPSA) is 197 Å². The second kappa shape index (κ2) is 11.8. The number of allylic oxidation sites excluding steroid dienone is 1. The number of aliphatic hydroxyl groups is 7. The largest absolute Gasteiger partial charge is 0.504 e. The highest BCUT2D eigenvalue weighted by molar-refractivity contribution is 5.93. The maximum absolute atomic E-state index is 14.6. The molecular formula is C35H52O11. The molecular weight excluding hydrogens is 596 g/mol. The van der Waals surface area contributed by atoms with Crippen LogP contribution in [0.15, 0.2) is 17.7 Å². The number of rotatable bonds is 7. The summed E-state index contributed by atoms with van der Waals surface area (Å²) in [4.78, 5) is 14.6. The van der Waals surface area contributed by atoms with E-state index in [2.05, 4.69) is 6.92 Å². The molecule has 1 saturated heterocycles. The average molecular weight is 649 g/mol. The van der Waals surface area contributed by atoms with E-state index in [-0.39, 0.29) is 36.0 Å². The van der Waals surface area contributed by atoms with Gasteiger partial charge in [-0.3, -0.25) is 4.79 Å². The zero-order valence-electron chi connectivity index (χ0n) is 27.9. The molecule has 1 aromatic rings. The van der Waals surface area contributed by atoms with Crippen molar-refractivity contribution in [2.24, 2.45) is 22.7 Å². The standard InChI is InChI=1S/C35H52O11/c1-16(2)8-11-24(38)35(7,44)30-20(37)13-32(4)23-10-9-18-17(3)26(40)21(12-19(18)34(23,6)25(39)14-33(30,32)5)45-31-29(43)28(42)27(41)22(15-36)46-31/h8,12,20,22-24,27-31,36-38,40-44H,9-11,13-15H2,1-7H3/t20-,22-,23+,24+,27-,28+,29-,30+,31-,32+,33-,34+,35+/m1/s1. The number of Topliss-reactive ketones (excluding diaryl/α,β-unsaturated/α-hetero) is 1. The molecule has 13 atom stereocenters. The molecule has 0 aromatic heterocycles. The summed E-state index contributed by atoms with van der Waals surface area (Å²) in [5.41, 5.74) is -1.25. The van der Waals surface area contributed by atoms with Crippen LogP contribution in [0.3, 0.4) is 0 Å². The highest BCUT2D eigenvalue weighted by Crippen LogP contribution is 2.72. The minimum absolute atomic E-state index is 0.0476. The number of carbonyl (C=O) groups excluding carboxylic acids is 1. The molecule has 0 bridgehead atoms. The van der Waals surface area contributed by atoms with Crippen molar-refractivity contribution in [2.75, 3.05) is 6.61 Å². The van der Waals surface area contributed by atoms with Gasteiger partial charge in [-0.05, 0) is 99.8 Å². The van der Waals surface area contributed by atoms with Gasteiger partial charge >= 0.3 is 0 Å². The molecule has 2 saturated carbocycles. The number of benzene rings is 1. The third-order valence-electron chi connectivity index (χ3n) is 12.6. The van der Waals surface area contributed by atoms with Crippen LogP contribution < -0.4 is 4.74 Å². The highest BCUT2D eigenvalue weighted by atomic mass is 16.7. The first-order valence-corrected chi connectivity index (χ1v) is 16.4. The van der Waals surface area contributed by atoms with Gasteiger partial charge in [0.25, 0.3) is 0 Å². The molecule has 5 rings (SSSR count). The van der Waals surface area contributed by atoms with Crippen molar-refractivity contribution < 1.29 is 55.1 Å². The summed E-state index contributed by atoms with van der Waals surface area (Å²) in [6.45, 7) is 12.4. The predicted molar refractivity (Wildman–Crippen MR) is 167 cm³/mol. The van der Waals surface area contributed by atoms with Crippen molar-refractivity contribution in [2.45, 2.75) is 135 Å².